The maximum Gasteiger partial charge on any atom is 0.258 e. The van der Waals surface area contributed by atoms with Crippen molar-refractivity contribution in [2.75, 3.05) is 20.2 Å². The summed E-state index contributed by atoms with van der Waals surface area (Å²) in [5, 5.41) is 0. The maximum atomic E-state index is 13.3. The Kier molecular flexibility index (Phi) is 6.23. The first-order chi connectivity index (χ1) is 9.17. The molecule has 0 spiro atoms. The lowest BCUT2D eigenvalue weighted by Gasteiger charge is -2.35. The zero-order valence-electron chi connectivity index (χ0n) is 11.5. The molecule has 0 radical (unpaired) electrons. The molecular formula is C14H20ClFN2O2. The van der Waals surface area contributed by atoms with Crippen LogP contribution in [0.15, 0.2) is 18.2 Å². The second-order valence-electron chi connectivity index (χ2n) is 4.73. The Morgan fingerprint density at radius 3 is 2.90 bits per heavy atom. The predicted octanol–water partition coefficient (Wildman–Crippen LogP) is 2.21. The first-order valence-electron chi connectivity index (χ1n) is 6.52. The van der Waals surface area contributed by atoms with Crippen molar-refractivity contribution in [1.29, 1.82) is 0 Å². The molecule has 1 aromatic rings. The minimum Gasteiger partial charge on any atom is -0.496 e. The van der Waals surface area contributed by atoms with Gasteiger partial charge < -0.3 is 15.4 Å². The van der Waals surface area contributed by atoms with Crippen LogP contribution in [0.5, 0.6) is 5.75 Å². The summed E-state index contributed by atoms with van der Waals surface area (Å²) in [6.45, 7) is 1.10. The zero-order chi connectivity index (χ0) is 13.8. The summed E-state index contributed by atoms with van der Waals surface area (Å²) in [7, 11) is 1.47. The molecule has 1 saturated heterocycles. The van der Waals surface area contributed by atoms with Crippen molar-refractivity contribution in [1.82, 2.24) is 4.90 Å². The maximum absolute atomic E-state index is 13.3. The molecule has 2 N–H and O–H groups in total. The second-order valence-corrected chi connectivity index (χ2v) is 4.73. The van der Waals surface area contributed by atoms with Gasteiger partial charge in [-0.15, -0.1) is 12.4 Å². The Bertz CT molecular complexity index is 470. The summed E-state index contributed by atoms with van der Waals surface area (Å²) in [6, 6.07) is 4.02. The molecule has 0 bridgehead atoms. The van der Waals surface area contributed by atoms with Crippen molar-refractivity contribution in [3.8, 4) is 5.75 Å². The normalized spacial score (nSPS) is 18.4. The monoisotopic (exact) mass is 302 g/mol. The highest BCUT2D eigenvalue weighted by molar-refractivity contribution is 5.97. The Morgan fingerprint density at radius 1 is 1.50 bits per heavy atom. The Hall–Kier alpha value is -1.33. The van der Waals surface area contributed by atoms with Gasteiger partial charge in [-0.1, -0.05) is 0 Å². The Morgan fingerprint density at radius 2 is 2.25 bits per heavy atom. The molecular weight excluding hydrogens is 283 g/mol. The minimum atomic E-state index is -0.439. The van der Waals surface area contributed by atoms with Crippen molar-refractivity contribution in [3.05, 3.63) is 29.6 Å². The molecule has 1 unspecified atom stereocenters. The van der Waals surface area contributed by atoms with Crippen LogP contribution in [-0.4, -0.2) is 37.0 Å². The largest absolute Gasteiger partial charge is 0.496 e. The number of piperidine rings is 1. The second kappa shape index (κ2) is 7.45. The van der Waals surface area contributed by atoms with Gasteiger partial charge in [-0.05, 0) is 37.5 Å². The molecule has 1 aromatic carbocycles. The Labute approximate surface area is 124 Å². The van der Waals surface area contributed by atoms with E-state index in [-0.39, 0.29) is 29.9 Å². The van der Waals surface area contributed by atoms with Crippen molar-refractivity contribution in [2.24, 2.45) is 5.73 Å². The van der Waals surface area contributed by atoms with Gasteiger partial charge in [0.1, 0.15) is 11.6 Å². The van der Waals surface area contributed by atoms with Crippen molar-refractivity contribution >= 4 is 18.3 Å². The average Bonchev–Trinajstić information content (AvgIpc) is 2.46. The molecule has 1 heterocycles. The van der Waals surface area contributed by atoms with Crippen LogP contribution in [0.3, 0.4) is 0 Å². The van der Waals surface area contributed by atoms with Gasteiger partial charge in [0.05, 0.1) is 12.7 Å². The minimum absolute atomic E-state index is 0. The van der Waals surface area contributed by atoms with Crippen molar-refractivity contribution in [2.45, 2.75) is 25.3 Å². The number of carbonyl (C=O) groups is 1. The number of nitrogens with zero attached hydrogens (tertiary/aromatic N) is 1. The number of amides is 1. The summed E-state index contributed by atoms with van der Waals surface area (Å²) in [5.41, 5.74) is 5.98. The lowest BCUT2D eigenvalue weighted by atomic mass is 10.0. The number of rotatable bonds is 3. The third-order valence-corrected chi connectivity index (χ3v) is 3.55. The van der Waals surface area contributed by atoms with Crippen LogP contribution in [0, 0.1) is 5.82 Å². The van der Waals surface area contributed by atoms with Crippen molar-refractivity contribution < 1.29 is 13.9 Å². The molecule has 1 aliphatic rings. The van der Waals surface area contributed by atoms with Crippen LogP contribution >= 0.6 is 12.4 Å². The van der Waals surface area contributed by atoms with Gasteiger partial charge in [-0.2, -0.15) is 0 Å². The van der Waals surface area contributed by atoms with E-state index in [1.54, 1.807) is 4.90 Å². The molecule has 112 valence electrons. The smallest absolute Gasteiger partial charge is 0.258 e. The predicted molar refractivity (Wildman–Crippen MR) is 77.9 cm³/mol. The number of benzene rings is 1. The van der Waals surface area contributed by atoms with Crippen LogP contribution < -0.4 is 10.5 Å². The lowest BCUT2D eigenvalue weighted by Crippen LogP contribution is -2.47. The SMILES string of the molecule is COc1ccc(F)cc1C(=O)N1CCCCC1CN.Cl. The molecule has 1 amide bonds. The van der Waals surface area contributed by atoms with Crippen LogP contribution in [0.2, 0.25) is 0 Å². The molecule has 1 atom stereocenters. The number of ether oxygens (including phenoxy) is 1. The lowest BCUT2D eigenvalue weighted by molar-refractivity contribution is 0.0619. The van der Waals surface area contributed by atoms with Gasteiger partial charge >= 0.3 is 0 Å². The van der Waals surface area contributed by atoms with Crippen molar-refractivity contribution in [3.63, 3.8) is 0 Å². The number of nitrogens with two attached hydrogens (primary N) is 1. The molecule has 1 fully saturated rings. The van der Waals surface area contributed by atoms with E-state index < -0.39 is 5.82 Å². The van der Waals surface area contributed by atoms with E-state index >= 15 is 0 Å². The number of likely N-dealkylation sites (tertiary alicyclic amines) is 1. The molecule has 0 saturated carbocycles. The first-order valence-corrected chi connectivity index (χ1v) is 6.52. The van der Waals surface area contributed by atoms with E-state index in [1.807, 2.05) is 0 Å². The van der Waals surface area contributed by atoms with E-state index in [0.29, 0.717) is 18.8 Å². The zero-order valence-corrected chi connectivity index (χ0v) is 12.3. The summed E-state index contributed by atoms with van der Waals surface area (Å²) in [6.07, 6.45) is 2.94. The van der Waals surface area contributed by atoms with Crippen LogP contribution in [-0.2, 0) is 0 Å². The number of hydrogen-bond donors (Lipinski definition) is 1. The topological polar surface area (TPSA) is 55.6 Å². The van der Waals surface area contributed by atoms with E-state index in [0.717, 1.165) is 19.3 Å². The fourth-order valence-corrected chi connectivity index (χ4v) is 2.52. The van der Waals surface area contributed by atoms with E-state index in [2.05, 4.69) is 0 Å². The summed E-state index contributed by atoms with van der Waals surface area (Å²) in [4.78, 5) is 14.3. The van der Waals surface area contributed by atoms with Gasteiger partial charge in [0.15, 0.2) is 0 Å². The highest BCUT2D eigenvalue weighted by atomic mass is 35.5. The molecule has 6 heteroatoms. The summed E-state index contributed by atoms with van der Waals surface area (Å²) in [5.74, 6) is -0.246. The van der Waals surface area contributed by atoms with Crippen LogP contribution in [0.4, 0.5) is 4.39 Å². The average molecular weight is 303 g/mol. The number of methoxy groups -OCH3 is 1. The molecule has 1 aliphatic heterocycles. The fraction of sp³-hybridized carbons (Fsp3) is 0.500. The molecule has 4 nitrogen and oxygen atoms in total. The van der Waals surface area contributed by atoms with Gasteiger partial charge in [0.2, 0.25) is 0 Å². The quantitative estimate of drug-likeness (QED) is 0.931. The van der Waals surface area contributed by atoms with E-state index in [4.69, 9.17) is 10.5 Å². The van der Waals surface area contributed by atoms with Gasteiger partial charge in [0.25, 0.3) is 5.91 Å². The highest BCUT2D eigenvalue weighted by Crippen LogP contribution is 2.25. The number of halogens is 2. The fourth-order valence-electron chi connectivity index (χ4n) is 2.52. The molecule has 2 rings (SSSR count). The van der Waals surface area contributed by atoms with E-state index in [1.165, 1.54) is 25.3 Å². The summed E-state index contributed by atoms with van der Waals surface area (Å²) < 4.78 is 18.5. The van der Waals surface area contributed by atoms with Gasteiger partial charge in [0, 0.05) is 19.1 Å². The highest BCUT2D eigenvalue weighted by Gasteiger charge is 2.28. The summed E-state index contributed by atoms with van der Waals surface area (Å²) >= 11 is 0. The third kappa shape index (κ3) is 3.41. The van der Waals surface area contributed by atoms with E-state index in [9.17, 15) is 9.18 Å². The van der Waals surface area contributed by atoms with Gasteiger partial charge in [-0.25, -0.2) is 4.39 Å². The number of hydrogen-bond acceptors (Lipinski definition) is 3. The van der Waals surface area contributed by atoms with Crippen LogP contribution in [0.1, 0.15) is 29.6 Å². The standard InChI is InChI=1S/C14H19FN2O2.ClH/c1-19-13-6-5-10(15)8-12(13)14(18)17-7-3-2-4-11(17)9-16;/h5-6,8,11H,2-4,7,9,16H2,1H3;1H. The molecule has 0 aromatic heterocycles. The first kappa shape index (κ1) is 16.7. The molecule has 20 heavy (non-hydrogen) atoms. The Balaban J connectivity index is 0.00000200. The van der Waals surface area contributed by atoms with Crippen LogP contribution in [0.25, 0.3) is 0 Å². The third-order valence-electron chi connectivity index (χ3n) is 3.55. The molecule has 0 aliphatic carbocycles. The van der Waals surface area contributed by atoms with Gasteiger partial charge in [-0.3, -0.25) is 4.79 Å². The number of carbonyl (C=O) groups excluding carboxylic acids is 1.